The van der Waals surface area contributed by atoms with Gasteiger partial charge in [-0.15, -0.1) is 0 Å². The average Bonchev–Trinajstić information content (AvgIpc) is 2.04. The van der Waals surface area contributed by atoms with E-state index >= 15 is 0 Å². The minimum Gasteiger partial charge on any atom is -0.411 e. The summed E-state index contributed by atoms with van der Waals surface area (Å²) in [5.41, 5.74) is 2.27. The van der Waals surface area contributed by atoms with E-state index in [0.29, 0.717) is 4.32 Å². The van der Waals surface area contributed by atoms with Crippen molar-refractivity contribution in [2.24, 2.45) is 0 Å². The van der Waals surface area contributed by atoms with E-state index in [-0.39, 0.29) is 0 Å². The Bertz CT molecular complexity index is 284. The normalized spacial score (nSPS) is 9.42. The van der Waals surface area contributed by atoms with Gasteiger partial charge in [-0.25, -0.2) is 0 Å². The lowest BCUT2D eigenvalue weighted by Gasteiger charge is -2.12. The maximum absolute atomic E-state index is 4.79. The monoisotopic (exact) mass is 196 g/mol. The van der Waals surface area contributed by atoms with Gasteiger partial charge >= 0.3 is 0 Å². The van der Waals surface area contributed by atoms with Crippen molar-refractivity contribution in [2.45, 2.75) is 13.3 Å². The predicted octanol–water partition coefficient (Wildman–Crippen LogP) is 2.49. The lowest BCUT2D eigenvalue weighted by atomic mass is 10.1. The average molecular weight is 196 g/mol. The summed E-state index contributed by atoms with van der Waals surface area (Å²) in [6.07, 6.45) is 0.987. The first-order valence-corrected chi connectivity index (χ1v) is 4.61. The first-order chi connectivity index (χ1) is 5.74. The van der Waals surface area contributed by atoms with Crippen molar-refractivity contribution in [2.75, 3.05) is 5.32 Å². The van der Waals surface area contributed by atoms with Gasteiger partial charge < -0.3 is 30.2 Å². The Morgan fingerprint density at radius 1 is 1.50 bits per heavy atom. The number of hydrogen-bond donors (Lipinski definition) is 1. The van der Waals surface area contributed by atoms with Crippen molar-refractivity contribution < 1.29 is 0 Å². The lowest BCUT2D eigenvalue weighted by molar-refractivity contribution is 1.14. The first-order valence-electron chi connectivity index (χ1n) is 3.80. The molecule has 0 radical (unpaired) electrons. The van der Waals surface area contributed by atoms with Gasteiger partial charge in [0.25, 0.3) is 0 Å². The van der Waals surface area contributed by atoms with Gasteiger partial charge in [-0.2, -0.15) is 0 Å². The molecule has 64 valence electrons. The summed E-state index contributed by atoms with van der Waals surface area (Å²) in [6, 6.07) is 8.03. The van der Waals surface area contributed by atoms with Crippen LogP contribution in [0.4, 0.5) is 5.69 Å². The van der Waals surface area contributed by atoms with Crippen molar-refractivity contribution in [1.29, 1.82) is 0 Å². The number of benzene rings is 1. The van der Waals surface area contributed by atoms with Crippen LogP contribution in [0.3, 0.4) is 0 Å². The molecule has 0 spiro atoms. The highest BCUT2D eigenvalue weighted by molar-refractivity contribution is 8.00. The third-order valence-corrected chi connectivity index (χ3v) is 1.84. The van der Waals surface area contributed by atoms with Crippen molar-refractivity contribution in [3.63, 3.8) is 0 Å². The lowest BCUT2D eigenvalue weighted by Crippen LogP contribution is -2.06. The van der Waals surface area contributed by atoms with Crippen LogP contribution >= 0.6 is 12.2 Å². The van der Waals surface area contributed by atoms with E-state index in [0.717, 1.165) is 12.1 Å². The molecular formula is C9H10NS2-. The number of nitrogens with one attached hydrogen (secondary N) is 1. The summed E-state index contributed by atoms with van der Waals surface area (Å²) in [4.78, 5) is 0. The number of para-hydroxylation sites is 1. The van der Waals surface area contributed by atoms with Crippen LogP contribution in [0, 0.1) is 0 Å². The Balaban J connectivity index is 2.89. The number of hydrogen-bond acceptors (Lipinski definition) is 2. The fourth-order valence-corrected chi connectivity index (χ4v) is 1.28. The number of aryl methyl sites for hydroxylation is 1. The highest BCUT2D eigenvalue weighted by atomic mass is 32.1. The molecule has 0 bridgehead atoms. The molecule has 0 aliphatic carbocycles. The van der Waals surface area contributed by atoms with Crippen LogP contribution < -0.4 is 5.32 Å². The molecule has 0 aliphatic heterocycles. The molecule has 0 amide bonds. The summed E-state index contributed by atoms with van der Waals surface area (Å²) in [7, 11) is 0. The summed E-state index contributed by atoms with van der Waals surface area (Å²) in [5.74, 6) is 0. The Labute approximate surface area is 83.6 Å². The second kappa shape index (κ2) is 4.38. The zero-order valence-electron chi connectivity index (χ0n) is 6.83. The highest BCUT2D eigenvalue weighted by Gasteiger charge is 1.95. The molecule has 0 unspecified atom stereocenters. The van der Waals surface area contributed by atoms with Crippen molar-refractivity contribution in [3.05, 3.63) is 29.8 Å². The Kier molecular flexibility index (Phi) is 3.44. The Morgan fingerprint density at radius 3 is 2.75 bits per heavy atom. The smallest absolute Gasteiger partial charge is 0.0403 e. The van der Waals surface area contributed by atoms with Crippen LogP contribution in [0.2, 0.25) is 0 Å². The number of rotatable bonds is 2. The van der Waals surface area contributed by atoms with E-state index in [1.54, 1.807) is 0 Å². The molecule has 12 heavy (non-hydrogen) atoms. The highest BCUT2D eigenvalue weighted by Crippen LogP contribution is 2.14. The molecular weight excluding hydrogens is 186 g/mol. The fourth-order valence-electron chi connectivity index (χ4n) is 1.06. The van der Waals surface area contributed by atoms with Crippen LogP contribution in [-0.2, 0) is 19.0 Å². The minimum absolute atomic E-state index is 0.399. The Morgan fingerprint density at radius 2 is 2.17 bits per heavy atom. The first kappa shape index (κ1) is 9.42. The minimum atomic E-state index is 0.399. The van der Waals surface area contributed by atoms with Gasteiger partial charge in [0, 0.05) is 5.69 Å². The maximum Gasteiger partial charge on any atom is 0.0403 e. The summed E-state index contributed by atoms with van der Waals surface area (Å²) >= 11 is 9.58. The third kappa shape index (κ3) is 2.43. The molecule has 0 saturated carbocycles. The van der Waals surface area contributed by atoms with Gasteiger partial charge in [-0.3, -0.25) is 0 Å². The molecule has 0 aliphatic rings. The van der Waals surface area contributed by atoms with E-state index in [9.17, 15) is 0 Å². The van der Waals surface area contributed by atoms with Crippen LogP contribution in [-0.4, -0.2) is 4.32 Å². The Hall–Kier alpha value is -0.670. The van der Waals surface area contributed by atoms with Crippen LogP contribution in [0.25, 0.3) is 0 Å². The molecule has 0 atom stereocenters. The van der Waals surface area contributed by atoms with Crippen LogP contribution in [0.5, 0.6) is 0 Å². The van der Waals surface area contributed by atoms with Crippen LogP contribution in [0.1, 0.15) is 12.5 Å². The van der Waals surface area contributed by atoms with E-state index < -0.39 is 0 Å². The molecule has 1 N–H and O–H groups in total. The van der Waals surface area contributed by atoms with Gasteiger partial charge in [-0.1, -0.05) is 29.4 Å². The van der Waals surface area contributed by atoms with Gasteiger partial charge in [0.05, 0.1) is 0 Å². The number of anilines is 1. The standard InChI is InChI=1S/C9H11NS2/c1-2-7-5-3-4-6-8(7)10-9(11)12/h3-6H,2H2,1H3,(H2,10,11,12)/p-1. The van der Waals surface area contributed by atoms with Gasteiger partial charge in [-0.05, 0) is 18.1 Å². The van der Waals surface area contributed by atoms with Gasteiger partial charge in [0.2, 0.25) is 0 Å². The fraction of sp³-hybridized carbons (Fsp3) is 0.222. The topological polar surface area (TPSA) is 12.0 Å². The molecule has 1 aromatic rings. The molecule has 1 nitrogen and oxygen atoms in total. The van der Waals surface area contributed by atoms with Crippen molar-refractivity contribution >= 4 is 34.9 Å². The van der Waals surface area contributed by atoms with Gasteiger partial charge in [0.1, 0.15) is 0 Å². The molecule has 0 heterocycles. The van der Waals surface area contributed by atoms with Crippen molar-refractivity contribution in [1.82, 2.24) is 0 Å². The van der Waals surface area contributed by atoms with Gasteiger partial charge in [0.15, 0.2) is 0 Å². The molecule has 0 aromatic heterocycles. The van der Waals surface area contributed by atoms with E-state index in [2.05, 4.69) is 18.3 Å². The van der Waals surface area contributed by atoms with E-state index in [1.165, 1.54) is 5.56 Å². The number of thiocarbonyl (C=S) groups is 1. The third-order valence-electron chi connectivity index (χ3n) is 1.63. The zero-order valence-corrected chi connectivity index (χ0v) is 8.47. The molecule has 0 fully saturated rings. The second-order valence-corrected chi connectivity index (χ2v) is 3.50. The summed E-state index contributed by atoms with van der Waals surface area (Å²) < 4.78 is 0.399. The van der Waals surface area contributed by atoms with E-state index in [1.807, 2.05) is 18.2 Å². The van der Waals surface area contributed by atoms with Crippen molar-refractivity contribution in [3.8, 4) is 0 Å². The van der Waals surface area contributed by atoms with E-state index in [4.69, 9.17) is 24.8 Å². The molecule has 1 rings (SSSR count). The largest absolute Gasteiger partial charge is 0.411 e. The predicted molar refractivity (Wildman–Crippen MR) is 59.4 cm³/mol. The molecule has 1 aromatic carbocycles. The SMILES string of the molecule is CCc1ccccc1NC(=S)[S-]. The quantitative estimate of drug-likeness (QED) is 0.576. The molecule has 3 heteroatoms. The molecule has 0 saturated heterocycles. The second-order valence-electron chi connectivity index (χ2n) is 2.42. The summed E-state index contributed by atoms with van der Waals surface area (Å²) in [5, 5.41) is 2.97. The zero-order chi connectivity index (χ0) is 8.97. The van der Waals surface area contributed by atoms with Crippen LogP contribution in [0.15, 0.2) is 24.3 Å². The maximum atomic E-state index is 4.79. The summed E-state index contributed by atoms with van der Waals surface area (Å²) in [6.45, 7) is 2.10.